The summed E-state index contributed by atoms with van der Waals surface area (Å²) in [4.78, 5) is 12.4. The van der Waals surface area contributed by atoms with Gasteiger partial charge in [-0.1, -0.05) is 80.6 Å². The molecule has 2 N–H and O–H groups in total. The van der Waals surface area contributed by atoms with Crippen LogP contribution in [0.2, 0.25) is 0 Å². The van der Waals surface area contributed by atoms with E-state index in [0.717, 1.165) is 27.6 Å². The highest BCUT2D eigenvalue weighted by Crippen LogP contribution is 2.23. The van der Waals surface area contributed by atoms with Gasteiger partial charge in [-0.2, -0.15) is 5.10 Å². The first-order chi connectivity index (χ1) is 14.4. The maximum absolute atomic E-state index is 12.4. The zero-order valence-electron chi connectivity index (χ0n) is 18.0. The number of carbonyl (C=O) groups is 1. The second-order valence-electron chi connectivity index (χ2n) is 7.84. The van der Waals surface area contributed by atoms with Crippen molar-refractivity contribution >= 4 is 34.7 Å². The number of hydrazone groups is 1. The topological polar surface area (TPSA) is 53.5 Å². The third-order valence-corrected chi connectivity index (χ3v) is 5.00. The lowest BCUT2D eigenvalue weighted by Crippen LogP contribution is -2.34. The molecule has 3 aromatic rings. The van der Waals surface area contributed by atoms with Crippen LogP contribution >= 0.6 is 0 Å². The number of fused-ring (bicyclic) bond motifs is 1. The van der Waals surface area contributed by atoms with Gasteiger partial charge in [0.1, 0.15) is 6.04 Å². The molecule has 1 amide bonds. The SMILES string of the molecule is C/C(C=NNC(=O)C(C)Nc1cccc2ccccc12)=C/c1ccc(C(C)C)cc1. The number of benzene rings is 3. The van der Waals surface area contributed by atoms with Gasteiger partial charge in [0, 0.05) is 11.1 Å². The quantitative estimate of drug-likeness (QED) is 0.380. The normalized spacial score (nSPS) is 13.0. The Morgan fingerprint density at radius 2 is 1.63 bits per heavy atom. The van der Waals surface area contributed by atoms with Crippen LogP contribution in [0.15, 0.2) is 77.4 Å². The molecule has 154 valence electrons. The van der Waals surface area contributed by atoms with E-state index in [2.05, 4.69) is 66.1 Å². The summed E-state index contributed by atoms with van der Waals surface area (Å²) in [6, 6.07) is 22.2. The summed E-state index contributed by atoms with van der Waals surface area (Å²) < 4.78 is 0. The van der Waals surface area contributed by atoms with E-state index in [1.807, 2.05) is 50.3 Å². The van der Waals surface area contributed by atoms with Gasteiger partial charge in [0.25, 0.3) is 5.91 Å². The Balaban J connectivity index is 1.58. The van der Waals surface area contributed by atoms with Crippen LogP contribution in [0, 0.1) is 0 Å². The average molecular weight is 400 g/mol. The van der Waals surface area contributed by atoms with Crippen molar-refractivity contribution in [3.05, 3.63) is 83.4 Å². The maximum Gasteiger partial charge on any atom is 0.262 e. The molecule has 3 aromatic carbocycles. The number of hydrogen-bond donors (Lipinski definition) is 2. The van der Waals surface area contributed by atoms with Gasteiger partial charge in [-0.3, -0.25) is 4.79 Å². The predicted molar refractivity (Wildman–Crippen MR) is 128 cm³/mol. The van der Waals surface area contributed by atoms with Crippen molar-refractivity contribution in [1.82, 2.24) is 5.43 Å². The van der Waals surface area contributed by atoms with Crippen LogP contribution in [0.3, 0.4) is 0 Å². The Morgan fingerprint density at radius 3 is 2.37 bits per heavy atom. The van der Waals surface area contributed by atoms with Crippen LogP contribution in [-0.4, -0.2) is 18.2 Å². The highest BCUT2D eigenvalue weighted by Gasteiger charge is 2.12. The largest absolute Gasteiger partial charge is 0.373 e. The third kappa shape index (κ3) is 5.57. The van der Waals surface area contributed by atoms with E-state index in [1.165, 1.54) is 5.56 Å². The van der Waals surface area contributed by atoms with Gasteiger partial charge >= 0.3 is 0 Å². The smallest absolute Gasteiger partial charge is 0.262 e. The molecule has 4 heteroatoms. The van der Waals surface area contributed by atoms with Crippen LogP contribution in [0.4, 0.5) is 5.69 Å². The number of rotatable bonds is 7. The molecule has 1 atom stereocenters. The number of nitrogens with zero attached hydrogens (tertiary/aromatic N) is 1. The molecule has 0 radical (unpaired) electrons. The first-order valence-corrected chi connectivity index (χ1v) is 10.3. The Bertz CT molecular complexity index is 1060. The van der Waals surface area contributed by atoms with Gasteiger partial charge in [-0.25, -0.2) is 5.43 Å². The van der Waals surface area contributed by atoms with E-state index in [-0.39, 0.29) is 5.91 Å². The van der Waals surface area contributed by atoms with Gasteiger partial charge in [0.05, 0.1) is 6.21 Å². The number of hydrogen-bond acceptors (Lipinski definition) is 3. The molecule has 0 heterocycles. The molecule has 0 aromatic heterocycles. The highest BCUT2D eigenvalue weighted by atomic mass is 16.2. The van der Waals surface area contributed by atoms with Crippen LogP contribution in [0.1, 0.15) is 44.7 Å². The minimum absolute atomic E-state index is 0.187. The molecular weight excluding hydrogens is 370 g/mol. The first-order valence-electron chi connectivity index (χ1n) is 10.3. The van der Waals surface area contributed by atoms with Crippen LogP contribution in [0.5, 0.6) is 0 Å². The van der Waals surface area contributed by atoms with Crippen molar-refractivity contribution in [3.8, 4) is 0 Å². The Morgan fingerprint density at radius 1 is 0.933 bits per heavy atom. The van der Waals surface area contributed by atoms with Gasteiger partial charge in [0.2, 0.25) is 0 Å². The van der Waals surface area contributed by atoms with Crippen molar-refractivity contribution in [2.24, 2.45) is 5.10 Å². The summed E-state index contributed by atoms with van der Waals surface area (Å²) in [7, 11) is 0. The van der Waals surface area contributed by atoms with E-state index >= 15 is 0 Å². The van der Waals surface area contributed by atoms with E-state index in [0.29, 0.717) is 5.92 Å². The molecule has 0 saturated carbocycles. The van der Waals surface area contributed by atoms with E-state index in [9.17, 15) is 4.79 Å². The number of carbonyl (C=O) groups excluding carboxylic acids is 1. The molecule has 3 rings (SSSR count). The molecule has 0 bridgehead atoms. The zero-order valence-corrected chi connectivity index (χ0v) is 18.0. The molecule has 0 fully saturated rings. The molecule has 4 nitrogen and oxygen atoms in total. The minimum atomic E-state index is -0.416. The summed E-state index contributed by atoms with van der Waals surface area (Å²) in [6.07, 6.45) is 3.70. The van der Waals surface area contributed by atoms with E-state index in [4.69, 9.17) is 0 Å². The summed E-state index contributed by atoms with van der Waals surface area (Å²) in [5, 5.41) is 9.60. The summed E-state index contributed by atoms with van der Waals surface area (Å²) in [5.74, 6) is 0.332. The number of anilines is 1. The fourth-order valence-electron chi connectivity index (χ4n) is 3.22. The number of nitrogens with one attached hydrogen (secondary N) is 2. The zero-order chi connectivity index (χ0) is 21.5. The maximum atomic E-state index is 12.4. The molecular formula is C26H29N3O. The van der Waals surface area contributed by atoms with Gasteiger partial charge in [-0.05, 0) is 47.9 Å². The molecule has 0 spiro atoms. The molecule has 0 aliphatic heterocycles. The van der Waals surface area contributed by atoms with Crippen molar-refractivity contribution < 1.29 is 4.79 Å². The standard InChI is InChI=1S/C26H29N3O/c1-18(2)22-14-12-21(13-15-22)16-19(3)17-27-29-26(30)20(4)28-25-11-7-9-23-8-5-6-10-24(23)25/h5-18,20,28H,1-4H3,(H,29,30)/b19-16-,27-17?. The molecule has 0 aliphatic carbocycles. The Hall–Kier alpha value is -3.40. The van der Waals surface area contributed by atoms with Gasteiger partial charge < -0.3 is 5.32 Å². The average Bonchev–Trinajstić information content (AvgIpc) is 2.74. The third-order valence-electron chi connectivity index (χ3n) is 5.00. The number of amides is 1. The van der Waals surface area contributed by atoms with E-state index < -0.39 is 6.04 Å². The Kier molecular flexibility index (Phi) is 7.02. The molecule has 30 heavy (non-hydrogen) atoms. The second-order valence-corrected chi connectivity index (χ2v) is 7.84. The Labute approximate surface area is 178 Å². The van der Waals surface area contributed by atoms with Crippen molar-refractivity contribution in [2.75, 3.05) is 5.32 Å². The molecule has 0 saturated heterocycles. The number of allylic oxidation sites excluding steroid dienone is 1. The summed E-state index contributed by atoms with van der Waals surface area (Å²) >= 11 is 0. The van der Waals surface area contributed by atoms with Crippen molar-refractivity contribution in [3.63, 3.8) is 0 Å². The predicted octanol–water partition coefficient (Wildman–Crippen LogP) is 5.97. The van der Waals surface area contributed by atoms with Gasteiger partial charge in [-0.15, -0.1) is 0 Å². The fourth-order valence-corrected chi connectivity index (χ4v) is 3.22. The van der Waals surface area contributed by atoms with Crippen molar-refractivity contribution in [1.29, 1.82) is 0 Å². The molecule has 0 aliphatic rings. The van der Waals surface area contributed by atoms with E-state index in [1.54, 1.807) is 6.21 Å². The van der Waals surface area contributed by atoms with Crippen LogP contribution < -0.4 is 10.7 Å². The van der Waals surface area contributed by atoms with Crippen molar-refractivity contribution in [2.45, 2.75) is 39.7 Å². The summed E-state index contributed by atoms with van der Waals surface area (Å²) in [6.45, 7) is 8.15. The molecule has 1 unspecified atom stereocenters. The monoisotopic (exact) mass is 399 g/mol. The van der Waals surface area contributed by atoms with Crippen LogP contribution in [0.25, 0.3) is 16.8 Å². The lowest BCUT2D eigenvalue weighted by molar-refractivity contribution is -0.121. The summed E-state index contributed by atoms with van der Waals surface area (Å²) in [5.41, 5.74) is 6.94. The van der Waals surface area contributed by atoms with Gasteiger partial charge in [0.15, 0.2) is 0 Å². The highest BCUT2D eigenvalue weighted by molar-refractivity contribution is 5.96. The lowest BCUT2D eigenvalue weighted by atomic mass is 10.0. The second kappa shape index (κ2) is 9.88. The first kappa shape index (κ1) is 21.3. The fraction of sp³-hybridized carbons (Fsp3) is 0.231. The minimum Gasteiger partial charge on any atom is -0.373 e. The van der Waals surface area contributed by atoms with Crippen LogP contribution in [-0.2, 0) is 4.79 Å². The lowest BCUT2D eigenvalue weighted by Gasteiger charge is -2.15.